The Balaban J connectivity index is 2.38. The van der Waals surface area contributed by atoms with E-state index >= 15 is 0 Å². The average Bonchev–Trinajstić information content (AvgIpc) is 2.87. The van der Waals surface area contributed by atoms with Crippen LogP contribution in [0, 0.1) is 13.8 Å². The smallest absolute Gasteiger partial charge is 0.244 e. The van der Waals surface area contributed by atoms with Gasteiger partial charge >= 0.3 is 0 Å². The van der Waals surface area contributed by atoms with Crippen molar-refractivity contribution in [2.75, 3.05) is 0 Å². The zero-order valence-electron chi connectivity index (χ0n) is 15.7. The molecular formula is C18H28N4O2S. The van der Waals surface area contributed by atoms with Gasteiger partial charge in [0.05, 0.1) is 11.4 Å². The van der Waals surface area contributed by atoms with E-state index in [4.69, 9.17) is 0 Å². The van der Waals surface area contributed by atoms with E-state index in [-0.39, 0.29) is 17.0 Å². The molecular weight excluding hydrogens is 336 g/mol. The van der Waals surface area contributed by atoms with Crippen molar-refractivity contribution in [2.45, 2.75) is 70.9 Å². The third kappa shape index (κ3) is 4.46. The molecule has 138 valence electrons. The zero-order chi connectivity index (χ0) is 18.6. The minimum absolute atomic E-state index is 0.108. The summed E-state index contributed by atoms with van der Waals surface area (Å²) >= 11 is 0. The zero-order valence-corrected chi connectivity index (χ0v) is 16.5. The first-order valence-electron chi connectivity index (χ1n) is 8.75. The molecule has 2 heterocycles. The number of nitrogens with one attached hydrogen (secondary N) is 1. The lowest BCUT2D eigenvalue weighted by Gasteiger charge is -2.19. The van der Waals surface area contributed by atoms with Gasteiger partial charge in [-0.3, -0.25) is 9.67 Å². The van der Waals surface area contributed by atoms with E-state index in [1.54, 1.807) is 30.9 Å². The van der Waals surface area contributed by atoms with Crippen molar-refractivity contribution in [3.05, 3.63) is 41.5 Å². The fourth-order valence-corrected chi connectivity index (χ4v) is 4.73. The number of rotatable bonds is 8. The van der Waals surface area contributed by atoms with Crippen LogP contribution in [0.4, 0.5) is 0 Å². The van der Waals surface area contributed by atoms with E-state index in [0.717, 1.165) is 24.8 Å². The van der Waals surface area contributed by atoms with Crippen LogP contribution in [0.1, 0.15) is 69.1 Å². The predicted molar refractivity (Wildman–Crippen MR) is 98.9 cm³/mol. The first kappa shape index (κ1) is 19.6. The lowest BCUT2D eigenvalue weighted by Crippen LogP contribution is -2.29. The SMILES string of the molecule is CCCCC(NS(=O)(=O)c1c(C)nn(C(C)C)c1C)c1cccnc1. The maximum atomic E-state index is 13.1. The Hall–Kier alpha value is -1.73. The van der Waals surface area contributed by atoms with E-state index in [1.165, 1.54) is 0 Å². The summed E-state index contributed by atoms with van der Waals surface area (Å²) in [5.74, 6) is 0. The first-order chi connectivity index (χ1) is 11.8. The molecule has 0 fully saturated rings. The molecule has 0 spiro atoms. The molecule has 1 atom stereocenters. The second kappa shape index (κ2) is 8.10. The molecule has 0 aliphatic rings. The summed E-state index contributed by atoms with van der Waals surface area (Å²) in [4.78, 5) is 4.41. The average molecular weight is 365 g/mol. The molecule has 0 aliphatic carbocycles. The van der Waals surface area contributed by atoms with Gasteiger partial charge in [-0.2, -0.15) is 5.10 Å². The monoisotopic (exact) mass is 364 g/mol. The van der Waals surface area contributed by atoms with Crippen LogP contribution < -0.4 is 4.72 Å². The summed E-state index contributed by atoms with van der Waals surface area (Å²) in [6, 6.07) is 3.56. The fourth-order valence-electron chi connectivity index (χ4n) is 3.07. The summed E-state index contributed by atoms with van der Waals surface area (Å²) in [6.45, 7) is 9.62. The van der Waals surface area contributed by atoms with Crippen molar-refractivity contribution in [1.29, 1.82) is 0 Å². The second-order valence-electron chi connectivity index (χ2n) is 6.64. The van der Waals surface area contributed by atoms with Gasteiger partial charge in [0.1, 0.15) is 4.90 Å². The Morgan fingerprint density at radius 2 is 2.00 bits per heavy atom. The van der Waals surface area contributed by atoms with E-state index in [9.17, 15) is 8.42 Å². The second-order valence-corrected chi connectivity index (χ2v) is 8.29. The van der Waals surface area contributed by atoms with Crippen LogP contribution in [-0.2, 0) is 10.0 Å². The van der Waals surface area contributed by atoms with Gasteiger partial charge in [0.15, 0.2) is 0 Å². The van der Waals surface area contributed by atoms with E-state index in [1.807, 2.05) is 26.0 Å². The van der Waals surface area contributed by atoms with Gasteiger partial charge in [0, 0.05) is 24.5 Å². The minimum Gasteiger partial charge on any atom is -0.266 e. The van der Waals surface area contributed by atoms with Gasteiger partial charge in [-0.15, -0.1) is 0 Å². The van der Waals surface area contributed by atoms with E-state index < -0.39 is 10.0 Å². The largest absolute Gasteiger partial charge is 0.266 e. The van der Waals surface area contributed by atoms with Gasteiger partial charge in [0.2, 0.25) is 10.0 Å². The third-order valence-electron chi connectivity index (χ3n) is 4.25. The first-order valence-corrected chi connectivity index (χ1v) is 10.2. The molecule has 0 aromatic carbocycles. The van der Waals surface area contributed by atoms with E-state index in [2.05, 4.69) is 21.7 Å². The molecule has 25 heavy (non-hydrogen) atoms. The highest BCUT2D eigenvalue weighted by Gasteiger charge is 2.28. The number of hydrogen-bond acceptors (Lipinski definition) is 4. The number of unbranched alkanes of at least 4 members (excludes halogenated alkanes) is 1. The topological polar surface area (TPSA) is 76.9 Å². The number of aryl methyl sites for hydroxylation is 1. The molecule has 0 saturated heterocycles. The highest BCUT2D eigenvalue weighted by Crippen LogP contribution is 2.26. The van der Waals surface area contributed by atoms with Crippen LogP contribution in [0.25, 0.3) is 0 Å². The van der Waals surface area contributed by atoms with Crippen molar-refractivity contribution in [2.24, 2.45) is 0 Å². The molecule has 0 bridgehead atoms. The third-order valence-corrected chi connectivity index (χ3v) is 5.97. The number of nitrogens with zero attached hydrogens (tertiary/aromatic N) is 3. The van der Waals surface area contributed by atoms with E-state index in [0.29, 0.717) is 11.4 Å². The molecule has 0 aliphatic heterocycles. The number of hydrogen-bond donors (Lipinski definition) is 1. The van der Waals surface area contributed by atoms with Gasteiger partial charge in [-0.05, 0) is 45.7 Å². The molecule has 1 N–H and O–H groups in total. The minimum atomic E-state index is -3.67. The van der Waals surface area contributed by atoms with Crippen LogP contribution >= 0.6 is 0 Å². The Morgan fingerprint density at radius 3 is 2.52 bits per heavy atom. The molecule has 2 rings (SSSR count). The summed E-state index contributed by atoms with van der Waals surface area (Å²) < 4.78 is 30.8. The van der Waals surface area contributed by atoms with Crippen molar-refractivity contribution >= 4 is 10.0 Å². The Labute approximate surface area is 150 Å². The molecule has 7 heteroatoms. The van der Waals surface area contributed by atoms with Gasteiger partial charge in [-0.1, -0.05) is 25.8 Å². The Bertz CT molecular complexity index is 798. The number of pyridine rings is 1. The van der Waals surface area contributed by atoms with Crippen molar-refractivity contribution in [3.63, 3.8) is 0 Å². The normalized spacial score (nSPS) is 13.4. The van der Waals surface area contributed by atoms with Gasteiger partial charge in [0.25, 0.3) is 0 Å². The lowest BCUT2D eigenvalue weighted by atomic mass is 10.0. The fraction of sp³-hybridized carbons (Fsp3) is 0.556. The molecule has 0 saturated carbocycles. The standard InChI is InChI=1S/C18H28N4O2S/c1-6-7-10-17(16-9-8-11-19-12-16)21-25(23,24)18-14(4)20-22(13(2)3)15(18)5/h8-9,11-13,17,21H,6-7,10H2,1-5H3. The number of aromatic nitrogens is 3. The van der Waals surface area contributed by atoms with Gasteiger partial charge in [-0.25, -0.2) is 13.1 Å². The summed E-state index contributed by atoms with van der Waals surface area (Å²) in [5, 5.41) is 4.40. The maximum Gasteiger partial charge on any atom is 0.244 e. The highest BCUT2D eigenvalue weighted by molar-refractivity contribution is 7.89. The summed E-state index contributed by atoms with van der Waals surface area (Å²) in [6.07, 6.45) is 6.08. The van der Waals surface area contributed by atoms with Crippen molar-refractivity contribution in [1.82, 2.24) is 19.5 Å². The van der Waals surface area contributed by atoms with Crippen LogP contribution in [0.5, 0.6) is 0 Å². The predicted octanol–water partition coefficient (Wildman–Crippen LogP) is 3.69. The molecule has 1 unspecified atom stereocenters. The van der Waals surface area contributed by atoms with Crippen molar-refractivity contribution < 1.29 is 8.42 Å². The van der Waals surface area contributed by atoms with Crippen LogP contribution in [0.2, 0.25) is 0 Å². The lowest BCUT2D eigenvalue weighted by molar-refractivity contribution is 0.511. The summed E-state index contributed by atoms with van der Waals surface area (Å²) in [7, 11) is -3.67. The molecule has 2 aromatic rings. The maximum absolute atomic E-state index is 13.1. The molecule has 0 radical (unpaired) electrons. The van der Waals surface area contributed by atoms with Gasteiger partial charge < -0.3 is 0 Å². The Kier molecular flexibility index (Phi) is 6.35. The number of sulfonamides is 1. The van der Waals surface area contributed by atoms with Crippen LogP contribution in [0.15, 0.2) is 29.4 Å². The highest BCUT2D eigenvalue weighted by atomic mass is 32.2. The molecule has 2 aromatic heterocycles. The van der Waals surface area contributed by atoms with Crippen LogP contribution in [0.3, 0.4) is 0 Å². The Morgan fingerprint density at radius 1 is 1.28 bits per heavy atom. The quantitative estimate of drug-likeness (QED) is 0.775. The van der Waals surface area contributed by atoms with Crippen molar-refractivity contribution in [3.8, 4) is 0 Å². The van der Waals surface area contributed by atoms with Crippen LogP contribution in [-0.4, -0.2) is 23.2 Å². The summed E-state index contributed by atoms with van der Waals surface area (Å²) in [5.41, 5.74) is 2.07. The molecule has 6 nitrogen and oxygen atoms in total. The molecule has 0 amide bonds.